The predicted molar refractivity (Wildman–Crippen MR) is 154 cm³/mol. The first-order chi connectivity index (χ1) is 20.2. The lowest BCUT2D eigenvalue weighted by atomic mass is 9.93. The molecule has 1 unspecified atom stereocenters. The molecule has 6 rings (SSSR count). The van der Waals surface area contributed by atoms with Crippen LogP contribution in [0, 0.1) is 6.92 Å². The minimum atomic E-state index is -2.86. The number of alkyl halides is 2. The Hall–Kier alpha value is -4.38. The number of nitrogens with zero attached hydrogens (tertiary/aromatic N) is 4. The fourth-order valence-corrected chi connectivity index (χ4v) is 5.85. The summed E-state index contributed by atoms with van der Waals surface area (Å²) in [5.74, 6) is -2.80. The maximum absolute atomic E-state index is 13.7. The highest BCUT2D eigenvalue weighted by molar-refractivity contribution is 6.06. The van der Waals surface area contributed by atoms with Gasteiger partial charge in [0, 0.05) is 41.7 Å². The monoisotopic (exact) mass is 574 g/mol. The summed E-state index contributed by atoms with van der Waals surface area (Å²) in [6, 6.07) is 17.2. The summed E-state index contributed by atoms with van der Waals surface area (Å²) in [5.41, 5.74) is 10.2. The van der Waals surface area contributed by atoms with E-state index in [1.54, 1.807) is 12.1 Å². The molecule has 9 nitrogen and oxygen atoms in total. The Labute approximate surface area is 241 Å². The van der Waals surface area contributed by atoms with Crippen LogP contribution in [-0.2, 0) is 22.5 Å². The summed E-state index contributed by atoms with van der Waals surface area (Å²) >= 11 is 0. The van der Waals surface area contributed by atoms with E-state index in [1.807, 2.05) is 54.0 Å². The average Bonchev–Trinajstić information content (AvgIpc) is 3.52. The largest absolute Gasteiger partial charge is 0.366 e. The fourth-order valence-electron chi connectivity index (χ4n) is 5.85. The van der Waals surface area contributed by atoms with E-state index in [0.717, 1.165) is 40.1 Å². The summed E-state index contributed by atoms with van der Waals surface area (Å²) in [5, 5.41) is 4.17. The van der Waals surface area contributed by atoms with E-state index in [2.05, 4.69) is 5.32 Å². The van der Waals surface area contributed by atoms with E-state index in [1.165, 1.54) is 0 Å². The molecule has 11 heteroatoms. The number of rotatable bonds is 8. The first-order valence-electron chi connectivity index (χ1n) is 14.1. The third-order valence-corrected chi connectivity index (χ3v) is 7.95. The van der Waals surface area contributed by atoms with Gasteiger partial charge in [0.2, 0.25) is 17.8 Å². The Morgan fingerprint density at radius 1 is 1.14 bits per heavy atom. The van der Waals surface area contributed by atoms with Crippen molar-refractivity contribution in [2.24, 2.45) is 5.73 Å². The number of anilines is 1. The number of likely N-dealkylation sites (tertiary alicyclic amines) is 1. The number of hydrogen-bond acceptors (Lipinski definition) is 6. The predicted octanol–water partition coefficient (Wildman–Crippen LogP) is 4.70. The minimum absolute atomic E-state index is 0.0175. The second-order valence-electron chi connectivity index (χ2n) is 10.9. The molecule has 218 valence electrons. The number of ether oxygens (including phenoxy) is 1. The third-order valence-electron chi connectivity index (χ3n) is 7.95. The van der Waals surface area contributed by atoms with Crippen molar-refractivity contribution in [2.75, 3.05) is 25.0 Å². The molecule has 0 bridgehead atoms. The molecule has 1 atom stereocenters. The first kappa shape index (κ1) is 27.8. The summed E-state index contributed by atoms with van der Waals surface area (Å²) in [6.07, 6.45) is 1.30. The molecule has 1 saturated heterocycles. The van der Waals surface area contributed by atoms with E-state index >= 15 is 0 Å². The van der Waals surface area contributed by atoms with Gasteiger partial charge in [0.05, 0.1) is 17.8 Å². The summed E-state index contributed by atoms with van der Waals surface area (Å²) < 4.78 is 35.3. The van der Waals surface area contributed by atoms with E-state index in [0.29, 0.717) is 41.4 Å². The van der Waals surface area contributed by atoms with Crippen molar-refractivity contribution in [1.82, 2.24) is 19.4 Å². The molecule has 1 aliphatic carbocycles. The lowest BCUT2D eigenvalue weighted by molar-refractivity contribution is -0.139. The van der Waals surface area contributed by atoms with Gasteiger partial charge in [0.25, 0.3) is 5.92 Å². The van der Waals surface area contributed by atoms with Crippen LogP contribution in [0.25, 0.3) is 16.9 Å². The van der Waals surface area contributed by atoms with Crippen LogP contribution in [-0.4, -0.2) is 56.9 Å². The zero-order valence-corrected chi connectivity index (χ0v) is 23.3. The molecule has 1 aliphatic heterocycles. The van der Waals surface area contributed by atoms with Crippen LogP contribution in [0.5, 0.6) is 0 Å². The fraction of sp³-hybridized carbons (Fsp3) is 0.355. The number of benzene rings is 2. The number of fused-ring (bicyclic) bond motifs is 2. The zero-order valence-electron chi connectivity index (χ0n) is 23.3. The minimum Gasteiger partial charge on any atom is -0.366 e. The van der Waals surface area contributed by atoms with Gasteiger partial charge >= 0.3 is 0 Å². The number of nitrogens with two attached hydrogens (primary N) is 1. The Morgan fingerprint density at radius 2 is 1.95 bits per heavy atom. The lowest BCUT2D eigenvalue weighted by Gasteiger charge is -2.28. The molecule has 4 aromatic rings. The quantitative estimate of drug-likeness (QED) is 0.315. The second kappa shape index (κ2) is 11.1. The molecule has 1 fully saturated rings. The lowest BCUT2D eigenvalue weighted by Crippen LogP contribution is -2.34. The van der Waals surface area contributed by atoms with Crippen molar-refractivity contribution < 1.29 is 23.1 Å². The van der Waals surface area contributed by atoms with E-state index < -0.39 is 30.4 Å². The van der Waals surface area contributed by atoms with E-state index in [9.17, 15) is 18.4 Å². The van der Waals surface area contributed by atoms with E-state index in [4.69, 9.17) is 20.4 Å². The maximum atomic E-state index is 13.7. The summed E-state index contributed by atoms with van der Waals surface area (Å²) in [6.45, 7) is 1.57. The Bertz CT molecular complexity index is 1660. The third kappa shape index (κ3) is 5.44. The van der Waals surface area contributed by atoms with Gasteiger partial charge in [-0.05, 0) is 49.9 Å². The number of carbonyl (C=O) groups excluding carboxylic acids is 2. The smallest absolute Gasteiger partial charge is 0.267 e. The molecule has 3 N–H and O–H groups in total. The molecular weight excluding hydrogens is 542 g/mol. The number of aryl methyl sites for hydroxylation is 1. The number of nitrogens with one attached hydrogen (secondary N) is 1. The summed E-state index contributed by atoms with van der Waals surface area (Å²) in [7, 11) is 0. The Morgan fingerprint density at radius 3 is 2.69 bits per heavy atom. The van der Waals surface area contributed by atoms with Gasteiger partial charge in [-0.1, -0.05) is 36.4 Å². The van der Waals surface area contributed by atoms with Gasteiger partial charge in [-0.15, -0.1) is 0 Å². The van der Waals surface area contributed by atoms with Crippen LogP contribution in [0.2, 0.25) is 0 Å². The van der Waals surface area contributed by atoms with Crippen LogP contribution in [0.4, 0.5) is 14.6 Å². The molecule has 2 aliphatic rings. The molecule has 2 aromatic carbocycles. The zero-order chi connectivity index (χ0) is 29.4. The SMILES string of the molecule is Cc1cc2c(C(N)=O)cccc2n1-c1nc(NCc2ccccc2)c2c(n1)C(OCC(=O)N1CCC(F)(F)C1)CCC2. The molecular formula is C31H32F2N6O3. The van der Waals surface area contributed by atoms with Gasteiger partial charge < -0.3 is 20.7 Å². The van der Waals surface area contributed by atoms with Crippen LogP contribution in [0.15, 0.2) is 54.6 Å². The van der Waals surface area contributed by atoms with Gasteiger partial charge in [0.1, 0.15) is 18.5 Å². The van der Waals surface area contributed by atoms with Crippen LogP contribution >= 0.6 is 0 Å². The van der Waals surface area contributed by atoms with Crippen molar-refractivity contribution in [3.8, 4) is 5.95 Å². The highest BCUT2D eigenvalue weighted by atomic mass is 19.3. The number of primary amides is 1. The molecule has 0 radical (unpaired) electrons. The van der Waals surface area contributed by atoms with Crippen LogP contribution < -0.4 is 11.1 Å². The highest BCUT2D eigenvalue weighted by Crippen LogP contribution is 2.37. The molecule has 2 aromatic heterocycles. The number of halogens is 2. The number of amides is 2. The Balaban J connectivity index is 1.38. The van der Waals surface area contributed by atoms with Crippen LogP contribution in [0.1, 0.15) is 58.2 Å². The Kier molecular flexibility index (Phi) is 7.36. The standard InChI is InChI=1S/C31H32F2N6O3/c1-19-15-23-21(28(34)41)9-5-11-24(23)39(19)30-36-27-22(29(37-30)35-16-20-7-3-2-4-8-20)10-6-12-25(27)42-17-26(40)38-14-13-31(32,33)18-38/h2-5,7-9,11,15,25H,6,10,12-14,16-18H2,1H3,(H2,34,41)(H,35,36,37). The van der Waals surface area contributed by atoms with E-state index in [-0.39, 0.29) is 19.6 Å². The normalized spacial score (nSPS) is 17.8. The second-order valence-corrected chi connectivity index (χ2v) is 10.9. The van der Waals surface area contributed by atoms with Gasteiger partial charge in [-0.2, -0.15) is 4.98 Å². The maximum Gasteiger partial charge on any atom is 0.267 e. The number of carbonyl (C=O) groups is 2. The van der Waals surface area contributed by atoms with Crippen LogP contribution in [0.3, 0.4) is 0 Å². The average molecular weight is 575 g/mol. The molecule has 0 saturated carbocycles. The van der Waals surface area contributed by atoms with Crippen molar-refractivity contribution in [1.29, 1.82) is 0 Å². The molecule has 42 heavy (non-hydrogen) atoms. The number of hydrogen-bond donors (Lipinski definition) is 2. The van der Waals surface area contributed by atoms with Gasteiger partial charge in [-0.25, -0.2) is 13.8 Å². The molecule has 2 amide bonds. The van der Waals surface area contributed by atoms with Crippen molar-refractivity contribution >= 4 is 28.5 Å². The summed E-state index contributed by atoms with van der Waals surface area (Å²) in [4.78, 5) is 35.9. The number of aromatic nitrogens is 3. The van der Waals surface area contributed by atoms with Gasteiger partial charge in [0.15, 0.2) is 0 Å². The molecule has 3 heterocycles. The van der Waals surface area contributed by atoms with Crippen molar-refractivity contribution in [3.05, 3.63) is 82.7 Å². The van der Waals surface area contributed by atoms with Crippen molar-refractivity contribution in [2.45, 2.75) is 51.2 Å². The first-order valence-corrected chi connectivity index (χ1v) is 14.1. The molecule has 0 spiro atoms. The highest BCUT2D eigenvalue weighted by Gasteiger charge is 2.40. The topological polar surface area (TPSA) is 115 Å². The van der Waals surface area contributed by atoms with Gasteiger partial charge in [-0.3, -0.25) is 14.2 Å². The van der Waals surface area contributed by atoms with Crippen molar-refractivity contribution in [3.63, 3.8) is 0 Å².